The second-order valence-corrected chi connectivity index (χ2v) is 4.49. The van der Waals surface area contributed by atoms with Crippen LogP contribution in [0, 0.1) is 5.92 Å². The Balaban J connectivity index is 4.28. The largest absolute Gasteiger partial charge is 0.380 e. The van der Waals surface area contributed by atoms with Crippen molar-refractivity contribution < 1.29 is 14.3 Å². The maximum Gasteiger partial charge on any atom is 0.239 e. The summed E-state index contributed by atoms with van der Waals surface area (Å²) in [4.78, 5) is 13.9. The summed E-state index contributed by atoms with van der Waals surface area (Å²) in [5.74, 6) is 0.114. The average Bonchev–Trinajstić information content (AvgIpc) is 2.35. The van der Waals surface area contributed by atoms with Crippen molar-refractivity contribution in [1.29, 1.82) is 0 Å². The van der Waals surface area contributed by atoms with E-state index in [0.29, 0.717) is 39.5 Å². The molecule has 0 bridgehead atoms. The molecule has 0 radical (unpaired) electrons. The van der Waals surface area contributed by atoms with Crippen molar-refractivity contribution in [3.63, 3.8) is 0 Å². The highest BCUT2D eigenvalue weighted by atomic mass is 16.5. The number of hydrogen-bond acceptors (Lipinski definition) is 4. The molecule has 0 aliphatic carbocycles. The zero-order valence-corrected chi connectivity index (χ0v) is 12.1. The summed E-state index contributed by atoms with van der Waals surface area (Å²) >= 11 is 0. The lowest BCUT2D eigenvalue weighted by atomic mass is 10.0. The maximum atomic E-state index is 12.2. The van der Waals surface area contributed by atoms with Crippen LogP contribution >= 0.6 is 0 Å². The minimum absolute atomic E-state index is 0.0237. The van der Waals surface area contributed by atoms with Gasteiger partial charge in [-0.15, -0.1) is 0 Å². The van der Waals surface area contributed by atoms with E-state index in [4.69, 9.17) is 15.2 Å². The molecule has 0 heterocycles. The fourth-order valence-corrected chi connectivity index (χ4v) is 1.47. The van der Waals surface area contributed by atoms with E-state index < -0.39 is 6.04 Å². The van der Waals surface area contributed by atoms with Crippen molar-refractivity contribution in [2.75, 3.05) is 39.5 Å². The summed E-state index contributed by atoms with van der Waals surface area (Å²) in [6.07, 6.45) is 0. The van der Waals surface area contributed by atoms with Crippen molar-refractivity contribution in [2.24, 2.45) is 11.7 Å². The normalized spacial score (nSPS) is 12.8. The summed E-state index contributed by atoms with van der Waals surface area (Å²) in [6.45, 7) is 11.3. The van der Waals surface area contributed by atoms with Crippen LogP contribution in [0.5, 0.6) is 0 Å². The van der Waals surface area contributed by atoms with Crippen LogP contribution in [0.3, 0.4) is 0 Å². The molecule has 1 amide bonds. The second kappa shape index (κ2) is 10.3. The molecular formula is C13H28N2O3. The molecule has 0 saturated carbocycles. The van der Waals surface area contributed by atoms with Crippen molar-refractivity contribution in [3.05, 3.63) is 0 Å². The zero-order valence-electron chi connectivity index (χ0n) is 12.1. The number of nitrogens with two attached hydrogens (primary N) is 1. The van der Waals surface area contributed by atoms with Crippen LogP contribution in [0.4, 0.5) is 0 Å². The van der Waals surface area contributed by atoms with Crippen molar-refractivity contribution in [1.82, 2.24) is 4.90 Å². The van der Waals surface area contributed by atoms with E-state index in [-0.39, 0.29) is 11.8 Å². The molecule has 18 heavy (non-hydrogen) atoms. The Morgan fingerprint density at radius 1 is 1.11 bits per heavy atom. The van der Waals surface area contributed by atoms with Crippen LogP contribution in [-0.4, -0.2) is 56.4 Å². The van der Waals surface area contributed by atoms with E-state index in [2.05, 4.69) is 0 Å². The first-order valence-electron chi connectivity index (χ1n) is 6.74. The first-order chi connectivity index (χ1) is 8.54. The highest BCUT2D eigenvalue weighted by Crippen LogP contribution is 2.04. The van der Waals surface area contributed by atoms with Gasteiger partial charge in [-0.2, -0.15) is 0 Å². The summed E-state index contributed by atoms with van der Waals surface area (Å²) in [5.41, 5.74) is 5.90. The molecule has 0 saturated heterocycles. The Morgan fingerprint density at radius 2 is 1.56 bits per heavy atom. The van der Waals surface area contributed by atoms with E-state index >= 15 is 0 Å². The highest BCUT2D eigenvalue weighted by molar-refractivity contribution is 5.81. The fraction of sp³-hybridized carbons (Fsp3) is 0.923. The van der Waals surface area contributed by atoms with Gasteiger partial charge < -0.3 is 20.1 Å². The summed E-state index contributed by atoms with van der Waals surface area (Å²) in [5, 5.41) is 0. The van der Waals surface area contributed by atoms with Gasteiger partial charge in [0.1, 0.15) is 0 Å². The number of hydrogen-bond donors (Lipinski definition) is 1. The van der Waals surface area contributed by atoms with E-state index in [1.807, 2.05) is 27.7 Å². The molecule has 0 unspecified atom stereocenters. The number of amides is 1. The number of carbonyl (C=O) groups excluding carboxylic acids is 1. The Morgan fingerprint density at radius 3 is 1.89 bits per heavy atom. The number of rotatable bonds is 10. The summed E-state index contributed by atoms with van der Waals surface area (Å²) in [6, 6.07) is -0.451. The molecule has 0 aromatic carbocycles. The molecule has 5 heteroatoms. The third-order valence-corrected chi connectivity index (χ3v) is 2.73. The van der Waals surface area contributed by atoms with Gasteiger partial charge in [-0.25, -0.2) is 0 Å². The zero-order chi connectivity index (χ0) is 14.0. The molecule has 0 aliphatic heterocycles. The van der Waals surface area contributed by atoms with E-state index in [0.717, 1.165) is 0 Å². The van der Waals surface area contributed by atoms with Crippen LogP contribution in [0.1, 0.15) is 27.7 Å². The monoisotopic (exact) mass is 260 g/mol. The number of carbonyl (C=O) groups is 1. The van der Waals surface area contributed by atoms with Crippen LogP contribution in [0.2, 0.25) is 0 Å². The Hall–Kier alpha value is -0.650. The average molecular weight is 260 g/mol. The third kappa shape index (κ3) is 6.93. The maximum absolute atomic E-state index is 12.2. The molecule has 5 nitrogen and oxygen atoms in total. The summed E-state index contributed by atoms with van der Waals surface area (Å²) in [7, 11) is 0. The lowest BCUT2D eigenvalue weighted by molar-refractivity contribution is -0.135. The van der Waals surface area contributed by atoms with Gasteiger partial charge in [0.15, 0.2) is 0 Å². The van der Waals surface area contributed by atoms with Gasteiger partial charge in [-0.1, -0.05) is 13.8 Å². The molecule has 0 fully saturated rings. The van der Waals surface area contributed by atoms with Gasteiger partial charge in [0.2, 0.25) is 5.91 Å². The van der Waals surface area contributed by atoms with Crippen molar-refractivity contribution in [2.45, 2.75) is 33.7 Å². The van der Waals surface area contributed by atoms with Gasteiger partial charge in [0, 0.05) is 26.3 Å². The molecule has 1 atom stereocenters. The molecule has 0 aromatic rings. The molecule has 0 rings (SSSR count). The topological polar surface area (TPSA) is 64.8 Å². The first-order valence-corrected chi connectivity index (χ1v) is 6.74. The minimum atomic E-state index is -0.451. The standard InChI is InChI=1S/C13H28N2O3/c1-5-17-9-7-15(8-10-18-6-2)13(16)12(14)11(3)4/h11-12H,5-10,14H2,1-4H3/t12-/m0/s1. The van der Waals surface area contributed by atoms with Crippen LogP contribution < -0.4 is 5.73 Å². The lowest BCUT2D eigenvalue weighted by Crippen LogP contribution is -2.48. The molecule has 0 aromatic heterocycles. The summed E-state index contributed by atoms with van der Waals surface area (Å²) < 4.78 is 10.6. The van der Waals surface area contributed by atoms with Crippen molar-refractivity contribution >= 4 is 5.91 Å². The molecular weight excluding hydrogens is 232 g/mol. The smallest absolute Gasteiger partial charge is 0.239 e. The van der Waals surface area contributed by atoms with Gasteiger partial charge in [-0.05, 0) is 19.8 Å². The number of nitrogens with zero attached hydrogens (tertiary/aromatic N) is 1. The molecule has 108 valence electrons. The van der Waals surface area contributed by atoms with Gasteiger partial charge >= 0.3 is 0 Å². The van der Waals surface area contributed by atoms with E-state index in [1.165, 1.54) is 0 Å². The van der Waals surface area contributed by atoms with Crippen LogP contribution in [0.25, 0.3) is 0 Å². The Bertz CT molecular complexity index is 212. The number of ether oxygens (including phenoxy) is 2. The third-order valence-electron chi connectivity index (χ3n) is 2.73. The van der Waals surface area contributed by atoms with Gasteiger partial charge in [0.05, 0.1) is 19.3 Å². The molecule has 2 N–H and O–H groups in total. The predicted molar refractivity (Wildman–Crippen MR) is 72.4 cm³/mol. The van der Waals surface area contributed by atoms with E-state index in [1.54, 1.807) is 4.90 Å². The van der Waals surface area contributed by atoms with Crippen LogP contribution in [-0.2, 0) is 14.3 Å². The Kier molecular flexibility index (Phi) is 9.92. The molecule has 0 aliphatic rings. The predicted octanol–water partition coefficient (Wildman–Crippen LogP) is 0.871. The first kappa shape index (κ1) is 17.4. The van der Waals surface area contributed by atoms with Crippen LogP contribution in [0.15, 0.2) is 0 Å². The van der Waals surface area contributed by atoms with Gasteiger partial charge in [0.25, 0.3) is 0 Å². The van der Waals surface area contributed by atoms with Crippen molar-refractivity contribution in [3.8, 4) is 0 Å². The van der Waals surface area contributed by atoms with Gasteiger partial charge in [-0.3, -0.25) is 4.79 Å². The quantitative estimate of drug-likeness (QED) is 0.592. The van der Waals surface area contributed by atoms with E-state index in [9.17, 15) is 4.79 Å². The molecule has 0 spiro atoms. The fourth-order valence-electron chi connectivity index (χ4n) is 1.47. The SMILES string of the molecule is CCOCCN(CCOCC)C(=O)[C@@H](N)C(C)C. The second-order valence-electron chi connectivity index (χ2n) is 4.49. The highest BCUT2D eigenvalue weighted by Gasteiger charge is 2.23. The Labute approximate surface area is 111 Å². The lowest BCUT2D eigenvalue weighted by Gasteiger charge is -2.27. The minimum Gasteiger partial charge on any atom is -0.380 e.